The number of nitrogens with two attached hydrogens (primary N) is 2. The number of amides is 1. The fourth-order valence-electron chi connectivity index (χ4n) is 1.47. The summed E-state index contributed by atoms with van der Waals surface area (Å²) in [7, 11) is 0. The number of hydrogen-bond acceptors (Lipinski definition) is 4. The van der Waals surface area contributed by atoms with Crippen molar-refractivity contribution in [3.05, 3.63) is 18.3 Å². The third-order valence-corrected chi connectivity index (χ3v) is 2.24. The van der Waals surface area contributed by atoms with E-state index in [-0.39, 0.29) is 12.5 Å². The summed E-state index contributed by atoms with van der Waals surface area (Å²) >= 11 is 0. The highest BCUT2D eigenvalue weighted by Gasteiger charge is 2.12. The van der Waals surface area contributed by atoms with Gasteiger partial charge in [-0.25, -0.2) is 4.98 Å². The molecule has 0 aliphatic rings. The number of nitrogens with zero attached hydrogens (tertiary/aromatic N) is 2. The molecule has 1 heterocycles. The maximum Gasteiger partial charge on any atom is 0.236 e. The predicted molar refractivity (Wildman–Crippen MR) is 65.0 cm³/mol. The molecule has 0 atom stereocenters. The first-order valence-electron chi connectivity index (χ1n) is 5.39. The zero-order chi connectivity index (χ0) is 12.0. The van der Waals surface area contributed by atoms with E-state index in [1.807, 2.05) is 4.90 Å². The lowest BCUT2D eigenvalue weighted by Gasteiger charge is -2.23. The number of aromatic nitrogens is 1. The van der Waals surface area contributed by atoms with E-state index in [0.717, 1.165) is 19.4 Å². The number of rotatable bonds is 6. The zero-order valence-corrected chi connectivity index (χ0v) is 9.52. The molecule has 0 saturated carbocycles. The second kappa shape index (κ2) is 5.95. The van der Waals surface area contributed by atoms with E-state index in [0.29, 0.717) is 11.5 Å². The fraction of sp³-hybridized carbons (Fsp3) is 0.455. The van der Waals surface area contributed by atoms with Crippen molar-refractivity contribution >= 4 is 17.4 Å². The van der Waals surface area contributed by atoms with Gasteiger partial charge < -0.3 is 16.4 Å². The van der Waals surface area contributed by atoms with Gasteiger partial charge in [-0.1, -0.05) is 13.3 Å². The minimum absolute atomic E-state index is 0.154. The SMILES string of the molecule is CCCCN(CC(N)=O)c1ncccc1N. The van der Waals surface area contributed by atoms with Crippen LogP contribution in [0.2, 0.25) is 0 Å². The van der Waals surface area contributed by atoms with Gasteiger partial charge in [-0.15, -0.1) is 0 Å². The number of anilines is 2. The Morgan fingerprint density at radius 3 is 2.88 bits per heavy atom. The van der Waals surface area contributed by atoms with Gasteiger partial charge in [-0.05, 0) is 18.6 Å². The lowest BCUT2D eigenvalue weighted by atomic mass is 10.3. The first-order chi connectivity index (χ1) is 7.65. The highest BCUT2D eigenvalue weighted by Crippen LogP contribution is 2.19. The topological polar surface area (TPSA) is 85.2 Å². The molecule has 1 aromatic heterocycles. The molecule has 16 heavy (non-hydrogen) atoms. The number of nitrogen functional groups attached to an aromatic ring is 1. The molecule has 0 spiro atoms. The molecule has 0 bridgehead atoms. The Bertz CT molecular complexity index is 354. The van der Waals surface area contributed by atoms with Crippen molar-refractivity contribution in [1.82, 2.24) is 4.98 Å². The van der Waals surface area contributed by atoms with Crippen molar-refractivity contribution < 1.29 is 4.79 Å². The molecule has 1 amide bonds. The van der Waals surface area contributed by atoms with E-state index in [9.17, 15) is 4.79 Å². The highest BCUT2D eigenvalue weighted by molar-refractivity contribution is 5.80. The first kappa shape index (κ1) is 12.3. The Morgan fingerprint density at radius 2 is 2.31 bits per heavy atom. The van der Waals surface area contributed by atoms with Crippen LogP contribution in [0, 0.1) is 0 Å². The third-order valence-electron chi connectivity index (χ3n) is 2.24. The van der Waals surface area contributed by atoms with Gasteiger partial charge in [0.2, 0.25) is 5.91 Å². The molecule has 1 rings (SSSR count). The molecule has 0 aromatic carbocycles. The van der Waals surface area contributed by atoms with E-state index in [4.69, 9.17) is 11.5 Å². The van der Waals surface area contributed by atoms with Crippen molar-refractivity contribution in [1.29, 1.82) is 0 Å². The largest absolute Gasteiger partial charge is 0.396 e. The van der Waals surface area contributed by atoms with Crippen molar-refractivity contribution in [2.24, 2.45) is 5.73 Å². The number of pyridine rings is 1. The second-order valence-corrected chi connectivity index (χ2v) is 3.66. The lowest BCUT2D eigenvalue weighted by Crippen LogP contribution is -2.35. The third kappa shape index (κ3) is 3.42. The van der Waals surface area contributed by atoms with Gasteiger partial charge in [-0.3, -0.25) is 4.79 Å². The average molecular weight is 222 g/mol. The van der Waals surface area contributed by atoms with Gasteiger partial charge in [0.1, 0.15) is 0 Å². The second-order valence-electron chi connectivity index (χ2n) is 3.66. The number of carbonyl (C=O) groups excluding carboxylic acids is 1. The normalized spacial score (nSPS) is 10.1. The molecule has 0 saturated heterocycles. The van der Waals surface area contributed by atoms with Crippen LogP contribution in [0.4, 0.5) is 11.5 Å². The lowest BCUT2D eigenvalue weighted by molar-refractivity contribution is -0.116. The maximum atomic E-state index is 11.0. The van der Waals surface area contributed by atoms with Gasteiger partial charge in [0.15, 0.2) is 5.82 Å². The van der Waals surface area contributed by atoms with Crippen LogP contribution in [0.15, 0.2) is 18.3 Å². The standard InChI is InChI=1S/C11H18N4O/c1-2-3-7-15(8-10(13)16)11-9(12)5-4-6-14-11/h4-6H,2-3,7-8,12H2,1H3,(H2,13,16). The molecule has 0 aliphatic heterocycles. The Labute approximate surface area is 95.4 Å². The van der Waals surface area contributed by atoms with Crippen molar-refractivity contribution in [3.8, 4) is 0 Å². The Morgan fingerprint density at radius 1 is 1.56 bits per heavy atom. The van der Waals surface area contributed by atoms with Crippen LogP contribution in [-0.2, 0) is 4.79 Å². The number of primary amides is 1. The van der Waals surface area contributed by atoms with Gasteiger partial charge in [0, 0.05) is 12.7 Å². The Hall–Kier alpha value is -1.78. The van der Waals surface area contributed by atoms with Gasteiger partial charge in [0.25, 0.3) is 0 Å². The summed E-state index contributed by atoms with van der Waals surface area (Å²) in [5, 5.41) is 0. The number of hydrogen-bond donors (Lipinski definition) is 2. The van der Waals surface area contributed by atoms with Gasteiger partial charge >= 0.3 is 0 Å². The number of unbranched alkanes of at least 4 members (excludes halogenated alkanes) is 1. The van der Waals surface area contributed by atoms with E-state index in [1.165, 1.54) is 0 Å². The van der Waals surface area contributed by atoms with Crippen LogP contribution in [0.1, 0.15) is 19.8 Å². The molecule has 5 nitrogen and oxygen atoms in total. The van der Waals surface area contributed by atoms with Crippen LogP contribution in [-0.4, -0.2) is 24.0 Å². The quantitative estimate of drug-likeness (QED) is 0.744. The summed E-state index contributed by atoms with van der Waals surface area (Å²) in [6, 6.07) is 3.53. The molecule has 88 valence electrons. The molecular weight excluding hydrogens is 204 g/mol. The van der Waals surface area contributed by atoms with E-state index in [1.54, 1.807) is 18.3 Å². The molecule has 0 unspecified atom stereocenters. The van der Waals surface area contributed by atoms with Gasteiger partial charge in [-0.2, -0.15) is 0 Å². The summed E-state index contributed by atoms with van der Waals surface area (Å²) in [5.74, 6) is 0.260. The smallest absolute Gasteiger partial charge is 0.236 e. The average Bonchev–Trinajstić information content (AvgIpc) is 2.24. The molecule has 4 N–H and O–H groups in total. The van der Waals surface area contributed by atoms with E-state index in [2.05, 4.69) is 11.9 Å². The number of carbonyl (C=O) groups is 1. The molecule has 5 heteroatoms. The molecule has 0 radical (unpaired) electrons. The molecule has 1 aromatic rings. The van der Waals surface area contributed by atoms with Crippen molar-refractivity contribution in [2.75, 3.05) is 23.7 Å². The Balaban J connectivity index is 2.82. The molecule has 0 aliphatic carbocycles. The summed E-state index contributed by atoms with van der Waals surface area (Å²) in [4.78, 5) is 17.0. The monoisotopic (exact) mass is 222 g/mol. The minimum atomic E-state index is -0.374. The maximum absolute atomic E-state index is 11.0. The molecule has 0 fully saturated rings. The summed E-state index contributed by atoms with van der Waals surface area (Å²) in [6.45, 7) is 2.98. The zero-order valence-electron chi connectivity index (χ0n) is 9.52. The van der Waals surface area contributed by atoms with Crippen molar-refractivity contribution in [2.45, 2.75) is 19.8 Å². The highest BCUT2D eigenvalue weighted by atomic mass is 16.1. The minimum Gasteiger partial charge on any atom is -0.396 e. The Kier molecular flexibility index (Phi) is 4.57. The summed E-state index contributed by atoms with van der Waals surface area (Å²) in [5.41, 5.74) is 11.6. The van der Waals surface area contributed by atoms with E-state index >= 15 is 0 Å². The molecular formula is C11H18N4O. The van der Waals surface area contributed by atoms with Crippen LogP contribution in [0.25, 0.3) is 0 Å². The predicted octanol–water partition coefficient (Wildman–Crippen LogP) is 0.756. The van der Waals surface area contributed by atoms with Crippen LogP contribution >= 0.6 is 0 Å². The van der Waals surface area contributed by atoms with E-state index < -0.39 is 0 Å². The van der Waals surface area contributed by atoms with Crippen LogP contribution in [0.3, 0.4) is 0 Å². The first-order valence-corrected chi connectivity index (χ1v) is 5.39. The summed E-state index contributed by atoms with van der Waals surface area (Å²) in [6.07, 6.45) is 3.68. The van der Waals surface area contributed by atoms with Crippen molar-refractivity contribution in [3.63, 3.8) is 0 Å². The van der Waals surface area contributed by atoms with Crippen LogP contribution in [0.5, 0.6) is 0 Å². The fourth-order valence-corrected chi connectivity index (χ4v) is 1.47. The van der Waals surface area contributed by atoms with Crippen LogP contribution < -0.4 is 16.4 Å². The van der Waals surface area contributed by atoms with Gasteiger partial charge in [0.05, 0.1) is 12.2 Å². The summed E-state index contributed by atoms with van der Waals surface area (Å²) < 4.78 is 0.